The topological polar surface area (TPSA) is 45.1 Å². The average Bonchev–Trinajstić information content (AvgIpc) is 3.09. The third-order valence-electron chi connectivity index (χ3n) is 5.09. The highest BCUT2D eigenvalue weighted by Gasteiger charge is 2.28. The maximum Gasteiger partial charge on any atom is 0.286 e. The first-order valence-electron chi connectivity index (χ1n) is 10.3. The molecule has 0 radical (unpaired) electrons. The van der Waals surface area contributed by atoms with Crippen LogP contribution >= 0.6 is 11.8 Å². The second kappa shape index (κ2) is 8.96. The fourth-order valence-corrected chi connectivity index (χ4v) is 4.57. The predicted octanol–water partition coefficient (Wildman–Crippen LogP) is 4.57. The van der Waals surface area contributed by atoms with E-state index in [2.05, 4.69) is 46.0 Å². The van der Waals surface area contributed by atoms with Gasteiger partial charge in [-0.2, -0.15) is 4.99 Å². The van der Waals surface area contributed by atoms with Crippen LogP contribution in [0.5, 0.6) is 5.75 Å². The Balaban J connectivity index is 1.42. The number of hydrogen-bond donors (Lipinski definition) is 0. The Kier molecular flexibility index (Phi) is 6.13. The molecule has 2 aliphatic rings. The number of amidine groups is 1. The minimum absolute atomic E-state index is 0.0768. The summed E-state index contributed by atoms with van der Waals surface area (Å²) in [6.07, 6.45) is 1.97. The van der Waals surface area contributed by atoms with Crippen LogP contribution in [0.1, 0.15) is 25.0 Å². The lowest BCUT2D eigenvalue weighted by molar-refractivity contribution is -0.113. The van der Waals surface area contributed by atoms with E-state index in [1.54, 1.807) is 0 Å². The number of rotatable bonds is 4. The van der Waals surface area contributed by atoms with Crippen molar-refractivity contribution in [1.82, 2.24) is 4.90 Å². The maximum atomic E-state index is 12.5. The average molecular weight is 422 g/mol. The van der Waals surface area contributed by atoms with Crippen LogP contribution in [-0.2, 0) is 4.79 Å². The molecule has 0 saturated carbocycles. The van der Waals surface area contributed by atoms with E-state index in [0.717, 1.165) is 42.7 Å². The first-order valence-corrected chi connectivity index (χ1v) is 11.2. The molecule has 0 spiro atoms. The lowest BCUT2D eigenvalue weighted by Gasteiger charge is -2.36. The van der Waals surface area contributed by atoms with Gasteiger partial charge in [0.2, 0.25) is 0 Å². The van der Waals surface area contributed by atoms with E-state index in [0.29, 0.717) is 4.91 Å². The lowest BCUT2D eigenvalue weighted by atomic mass is 10.2. The highest BCUT2D eigenvalue weighted by atomic mass is 32.2. The number of hydrogen-bond acceptors (Lipinski definition) is 5. The maximum absolute atomic E-state index is 12.5. The number of aryl methyl sites for hydroxylation is 1. The number of nitrogens with zero attached hydrogens (tertiary/aromatic N) is 3. The lowest BCUT2D eigenvalue weighted by Crippen LogP contribution is -2.47. The summed E-state index contributed by atoms with van der Waals surface area (Å²) >= 11 is 1.46. The first-order chi connectivity index (χ1) is 14.5. The molecule has 0 N–H and O–H groups in total. The Labute approximate surface area is 182 Å². The zero-order chi connectivity index (χ0) is 21.1. The van der Waals surface area contributed by atoms with E-state index >= 15 is 0 Å². The van der Waals surface area contributed by atoms with E-state index in [1.165, 1.54) is 23.0 Å². The Morgan fingerprint density at radius 1 is 1.03 bits per heavy atom. The molecular weight excluding hydrogens is 394 g/mol. The van der Waals surface area contributed by atoms with Gasteiger partial charge < -0.3 is 14.5 Å². The van der Waals surface area contributed by atoms with Crippen molar-refractivity contribution in [3.8, 4) is 5.75 Å². The van der Waals surface area contributed by atoms with Gasteiger partial charge in [0.25, 0.3) is 5.91 Å². The smallest absolute Gasteiger partial charge is 0.286 e. The van der Waals surface area contributed by atoms with Crippen LogP contribution in [0, 0.1) is 6.92 Å². The van der Waals surface area contributed by atoms with Gasteiger partial charge in [-0.25, -0.2) is 0 Å². The third-order valence-corrected chi connectivity index (χ3v) is 6.14. The van der Waals surface area contributed by atoms with Crippen molar-refractivity contribution in [3.63, 3.8) is 0 Å². The Morgan fingerprint density at radius 3 is 2.50 bits per heavy atom. The number of piperazine rings is 1. The van der Waals surface area contributed by atoms with E-state index < -0.39 is 0 Å². The van der Waals surface area contributed by atoms with Crippen LogP contribution in [0.3, 0.4) is 0 Å². The number of amides is 1. The minimum atomic E-state index is -0.171. The summed E-state index contributed by atoms with van der Waals surface area (Å²) in [5.41, 5.74) is 3.43. The van der Waals surface area contributed by atoms with Crippen molar-refractivity contribution in [2.75, 3.05) is 31.1 Å². The molecule has 0 atom stereocenters. The molecular formula is C24H27N3O2S. The largest absolute Gasteiger partial charge is 0.490 e. The van der Waals surface area contributed by atoms with Crippen molar-refractivity contribution in [1.29, 1.82) is 0 Å². The molecule has 2 aromatic rings. The van der Waals surface area contributed by atoms with E-state index in [9.17, 15) is 4.79 Å². The number of benzene rings is 2. The molecule has 5 nitrogen and oxygen atoms in total. The second-order valence-electron chi connectivity index (χ2n) is 7.83. The Bertz CT molecular complexity index is 991. The van der Waals surface area contributed by atoms with Gasteiger partial charge in [-0.05, 0) is 62.4 Å². The number of ether oxygens (including phenoxy) is 1. The summed E-state index contributed by atoms with van der Waals surface area (Å²) in [4.78, 5) is 22.1. The number of para-hydroxylation sites is 1. The normalized spacial score (nSPS) is 18.3. The molecule has 1 amide bonds. The molecule has 1 fully saturated rings. The highest BCUT2D eigenvalue weighted by molar-refractivity contribution is 8.18. The molecule has 0 aliphatic carbocycles. The van der Waals surface area contributed by atoms with Gasteiger partial charge in [0.15, 0.2) is 5.17 Å². The van der Waals surface area contributed by atoms with E-state index in [1.807, 2.05) is 44.2 Å². The van der Waals surface area contributed by atoms with Gasteiger partial charge in [0.1, 0.15) is 5.75 Å². The third kappa shape index (κ3) is 4.70. The summed E-state index contributed by atoms with van der Waals surface area (Å²) in [6.45, 7) is 9.66. The van der Waals surface area contributed by atoms with Crippen molar-refractivity contribution < 1.29 is 9.53 Å². The summed E-state index contributed by atoms with van der Waals surface area (Å²) in [7, 11) is 0. The molecule has 1 saturated heterocycles. The van der Waals surface area contributed by atoms with Gasteiger partial charge in [0, 0.05) is 37.4 Å². The Morgan fingerprint density at radius 2 is 1.77 bits per heavy atom. The van der Waals surface area contributed by atoms with Gasteiger partial charge in [0.05, 0.1) is 11.0 Å². The molecule has 30 heavy (non-hydrogen) atoms. The van der Waals surface area contributed by atoms with E-state index in [4.69, 9.17) is 4.74 Å². The molecule has 6 heteroatoms. The molecule has 2 aromatic carbocycles. The van der Waals surface area contributed by atoms with Gasteiger partial charge in [-0.15, -0.1) is 0 Å². The van der Waals surface area contributed by atoms with Crippen LogP contribution in [0.4, 0.5) is 5.69 Å². The van der Waals surface area contributed by atoms with Gasteiger partial charge >= 0.3 is 0 Å². The number of carbonyl (C=O) groups is 1. The molecule has 0 aromatic heterocycles. The van der Waals surface area contributed by atoms with E-state index in [-0.39, 0.29) is 12.0 Å². The molecule has 2 heterocycles. The van der Waals surface area contributed by atoms with Crippen LogP contribution < -0.4 is 9.64 Å². The van der Waals surface area contributed by atoms with Gasteiger partial charge in [-0.3, -0.25) is 4.79 Å². The zero-order valence-electron chi connectivity index (χ0n) is 17.7. The molecule has 2 aliphatic heterocycles. The monoisotopic (exact) mass is 421 g/mol. The molecule has 4 rings (SSSR count). The molecule has 0 bridgehead atoms. The summed E-state index contributed by atoms with van der Waals surface area (Å²) in [5, 5.41) is 0.803. The summed E-state index contributed by atoms with van der Waals surface area (Å²) in [5.74, 6) is 0.615. The quantitative estimate of drug-likeness (QED) is 0.677. The SMILES string of the molecule is Cc1cccc(N2CCN(C3=NC(=O)C(=Cc4ccccc4OC(C)C)S3)CC2)c1. The zero-order valence-corrected chi connectivity index (χ0v) is 18.5. The highest BCUT2D eigenvalue weighted by Crippen LogP contribution is 2.33. The summed E-state index contributed by atoms with van der Waals surface area (Å²) in [6, 6.07) is 16.4. The van der Waals surface area contributed by atoms with Crippen molar-refractivity contribution in [3.05, 3.63) is 64.6 Å². The van der Waals surface area contributed by atoms with Crippen LogP contribution in [-0.4, -0.2) is 48.3 Å². The van der Waals surface area contributed by atoms with Gasteiger partial charge in [-0.1, -0.05) is 30.3 Å². The van der Waals surface area contributed by atoms with Crippen molar-refractivity contribution >= 4 is 34.6 Å². The van der Waals surface area contributed by atoms with Crippen molar-refractivity contribution in [2.24, 2.45) is 4.99 Å². The Hall–Kier alpha value is -2.73. The summed E-state index contributed by atoms with van der Waals surface area (Å²) < 4.78 is 5.88. The second-order valence-corrected chi connectivity index (χ2v) is 8.84. The minimum Gasteiger partial charge on any atom is -0.490 e. The molecule has 0 unspecified atom stereocenters. The molecule has 156 valence electrons. The number of thioether (sulfide) groups is 1. The number of anilines is 1. The predicted molar refractivity (Wildman–Crippen MR) is 125 cm³/mol. The fraction of sp³-hybridized carbons (Fsp3) is 0.333. The number of aliphatic imine (C=N–C) groups is 1. The first kappa shape index (κ1) is 20.5. The standard InChI is InChI=1S/C24H27N3O2S/c1-17(2)29-21-10-5-4-8-19(21)16-22-23(28)25-24(30-22)27-13-11-26(12-14-27)20-9-6-7-18(3)15-20/h4-10,15-17H,11-14H2,1-3H3. The van der Waals surface area contributed by atoms with Crippen LogP contribution in [0.15, 0.2) is 58.4 Å². The fourth-order valence-electron chi connectivity index (χ4n) is 3.62. The number of carbonyl (C=O) groups excluding carboxylic acids is 1. The van der Waals surface area contributed by atoms with Crippen LogP contribution in [0.25, 0.3) is 6.08 Å². The van der Waals surface area contributed by atoms with Crippen LogP contribution in [0.2, 0.25) is 0 Å². The van der Waals surface area contributed by atoms with Crippen molar-refractivity contribution in [2.45, 2.75) is 26.9 Å².